The van der Waals surface area contributed by atoms with Crippen molar-refractivity contribution in [2.45, 2.75) is 32.9 Å². The summed E-state index contributed by atoms with van der Waals surface area (Å²) >= 11 is 0. The van der Waals surface area contributed by atoms with Crippen LogP contribution < -0.4 is 5.32 Å². The van der Waals surface area contributed by atoms with Gasteiger partial charge in [0.15, 0.2) is 5.82 Å². The standard InChI is InChI=1S/C12H17N5/c1-12(2,3)15-7-10-6-14-8-11(16-10)17-5-4-13-9-17/h4-6,8-9,15H,7H2,1-3H3. The molecular formula is C12H17N5. The molecule has 2 heterocycles. The zero-order valence-corrected chi connectivity index (χ0v) is 10.4. The SMILES string of the molecule is CC(C)(C)NCc1cncc(-n2ccnc2)n1. The highest BCUT2D eigenvalue weighted by Crippen LogP contribution is 2.05. The molecule has 1 N–H and O–H groups in total. The molecule has 0 unspecified atom stereocenters. The van der Waals surface area contributed by atoms with Gasteiger partial charge in [-0.2, -0.15) is 0 Å². The van der Waals surface area contributed by atoms with Gasteiger partial charge in [-0.05, 0) is 20.8 Å². The minimum Gasteiger partial charge on any atom is -0.306 e. The Labute approximate surface area is 101 Å². The Morgan fingerprint density at radius 1 is 1.24 bits per heavy atom. The molecular weight excluding hydrogens is 214 g/mol. The molecule has 0 spiro atoms. The first-order chi connectivity index (χ1) is 8.04. The van der Waals surface area contributed by atoms with Gasteiger partial charge in [-0.3, -0.25) is 9.55 Å². The summed E-state index contributed by atoms with van der Waals surface area (Å²) in [4.78, 5) is 12.7. The highest BCUT2D eigenvalue weighted by atomic mass is 15.1. The predicted octanol–water partition coefficient (Wildman–Crippen LogP) is 1.55. The number of nitrogens with zero attached hydrogens (tertiary/aromatic N) is 4. The lowest BCUT2D eigenvalue weighted by molar-refractivity contribution is 0.420. The van der Waals surface area contributed by atoms with E-state index in [4.69, 9.17) is 0 Å². The number of rotatable bonds is 3. The van der Waals surface area contributed by atoms with E-state index < -0.39 is 0 Å². The Balaban J connectivity index is 2.12. The van der Waals surface area contributed by atoms with Gasteiger partial charge in [0.05, 0.1) is 11.9 Å². The fourth-order valence-corrected chi connectivity index (χ4v) is 1.35. The van der Waals surface area contributed by atoms with Crippen molar-refractivity contribution in [2.24, 2.45) is 0 Å². The maximum absolute atomic E-state index is 4.52. The summed E-state index contributed by atoms with van der Waals surface area (Å²) < 4.78 is 1.84. The van der Waals surface area contributed by atoms with E-state index in [0.717, 1.165) is 11.5 Å². The molecule has 0 aliphatic carbocycles. The Morgan fingerprint density at radius 2 is 2.06 bits per heavy atom. The molecule has 0 aliphatic rings. The van der Waals surface area contributed by atoms with Crippen LogP contribution in [0.3, 0.4) is 0 Å². The molecule has 0 bridgehead atoms. The van der Waals surface area contributed by atoms with Gasteiger partial charge >= 0.3 is 0 Å². The lowest BCUT2D eigenvalue weighted by atomic mass is 10.1. The van der Waals surface area contributed by atoms with Crippen molar-refractivity contribution >= 4 is 0 Å². The Morgan fingerprint density at radius 3 is 2.71 bits per heavy atom. The second-order valence-corrected chi connectivity index (χ2v) is 4.94. The van der Waals surface area contributed by atoms with Gasteiger partial charge in [-0.15, -0.1) is 0 Å². The number of aromatic nitrogens is 4. The number of imidazole rings is 1. The van der Waals surface area contributed by atoms with E-state index in [2.05, 4.69) is 41.0 Å². The second kappa shape index (κ2) is 4.63. The third-order valence-corrected chi connectivity index (χ3v) is 2.24. The maximum Gasteiger partial charge on any atom is 0.156 e. The van der Waals surface area contributed by atoms with Crippen LogP contribution >= 0.6 is 0 Å². The monoisotopic (exact) mass is 231 g/mol. The molecule has 0 aliphatic heterocycles. The quantitative estimate of drug-likeness (QED) is 0.870. The van der Waals surface area contributed by atoms with Gasteiger partial charge in [0.2, 0.25) is 0 Å². The third-order valence-electron chi connectivity index (χ3n) is 2.24. The molecule has 5 heteroatoms. The van der Waals surface area contributed by atoms with Gasteiger partial charge < -0.3 is 5.32 Å². The predicted molar refractivity (Wildman–Crippen MR) is 65.7 cm³/mol. The number of hydrogen-bond acceptors (Lipinski definition) is 4. The van der Waals surface area contributed by atoms with Crippen molar-refractivity contribution in [1.82, 2.24) is 24.8 Å². The molecule has 17 heavy (non-hydrogen) atoms. The van der Waals surface area contributed by atoms with Crippen molar-refractivity contribution in [3.8, 4) is 5.82 Å². The van der Waals surface area contributed by atoms with Crippen molar-refractivity contribution in [3.05, 3.63) is 36.8 Å². The van der Waals surface area contributed by atoms with E-state index in [1.165, 1.54) is 0 Å². The van der Waals surface area contributed by atoms with Crippen LogP contribution in [0.15, 0.2) is 31.1 Å². The summed E-state index contributed by atoms with van der Waals surface area (Å²) in [5.41, 5.74) is 0.998. The zero-order valence-electron chi connectivity index (χ0n) is 10.4. The van der Waals surface area contributed by atoms with E-state index in [9.17, 15) is 0 Å². The average Bonchev–Trinajstić information content (AvgIpc) is 2.79. The average molecular weight is 231 g/mol. The summed E-state index contributed by atoms with van der Waals surface area (Å²) in [6.07, 6.45) is 8.79. The van der Waals surface area contributed by atoms with Crippen LogP contribution in [0.5, 0.6) is 0 Å². The van der Waals surface area contributed by atoms with E-state index >= 15 is 0 Å². The lowest BCUT2D eigenvalue weighted by Gasteiger charge is -2.20. The van der Waals surface area contributed by atoms with E-state index in [1.54, 1.807) is 24.9 Å². The zero-order chi connectivity index (χ0) is 12.3. The van der Waals surface area contributed by atoms with Gasteiger partial charge in [-0.25, -0.2) is 9.97 Å². The van der Waals surface area contributed by atoms with Crippen LogP contribution in [0.1, 0.15) is 26.5 Å². The minimum absolute atomic E-state index is 0.0761. The molecule has 90 valence electrons. The van der Waals surface area contributed by atoms with E-state index in [-0.39, 0.29) is 5.54 Å². The van der Waals surface area contributed by atoms with Crippen LogP contribution in [-0.4, -0.2) is 25.1 Å². The van der Waals surface area contributed by atoms with Crippen molar-refractivity contribution < 1.29 is 0 Å². The van der Waals surface area contributed by atoms with Crippen molar-refractivity contribution in [3.63, 3.8) is 0 Å². The topological polar surface area (TPSA) is 55.6 Å². The lowest BCUT2D eigenvalue weighted by Crippen LogP contribution is -2.35. The van der Waals surface area contributed by atoms with Crippen molar-refractivity contribution in [2.75, 3.05) is 0 Å². The molecule has 2 aromatic heterocycles. The smallest absolute Gasteiger partial charge is 0.156 e. The summed E-state index contributed by atoms with van der Waals surface area (Å²) in [5.74, 6) is 0.788. The summed E-state index contributed by atoms with van der Waals surface area (Å²) in [6.45, 7) is 7.08. The largest absolute Gasteiger partial charge is 0.306 e. The molecule has 0 saturated heterocycles. The highest BCUT2D eigenvalue weighted by Gasteiger charge is 2.09. The normalized spacial score (nSPS) is 11.7. The van der Waals surface area contributed by atoms with Crippen molar-refractivity contribution in [1.29, 1.82) is 0 Å². The first-order valence-electron chi connectivity index (χ1n) is 5.59. The Hall–Kier alpha value is -1.75. The Kier molecular flexibility index (Phi) is 3.19. The number of nitrogens with one attached hydrogen (secondary N) is 1. The summed E-state index contributed by atoms with van der Waals surface area (Å²) in [7, 11) is 0. The molecule has 2 rings (SSSR count). The molecule has 0 saturated carbocycles. The minimum atomic E-state index is 0.0761. The molecule has 0 atom stereocenters. The summed E-state index contributed by atoms with van der Waals surface area (Å²) in [6, 6.07) is 0. The number of hydrogen-bond donors (Lipinski definition) is 1. The second-order valence-electron chi connectivity index (χ2n) is 4.94. The van der Waals surface area contributed by atoms with E-state index in [1.807, 2.05) is 10.8 Å². The Bertz CT molecular complexity index is 470. The summed E-state index contributed by atoms with van der Waals surface area (Å²) in [5, 5.41) is 3.38. The fraction of sp³-hybridized carbons (Fsp3) is 0.417. The van der Waals surface area contributed by atoms with Crippen LogP contribution in [0, 0.1) is 0 Å². The third kappa shape index (κ3) is 3.35. The van der Waals surface area contributed by atoms with Crippen LogP contribution in [-0.2, 0) is 6.54 Å². The van der Waals surface area contributed by atoms with Crippen LogP contribution in [0.2, 0.25) is 0 Å². The van der Waals surface area contributed by atoms with Gasteiger partial charge in [-0.1, -0.05) is 0 Å². The molecule has 0 aromatic carbocycles. The van der Waals surface area contributed by atoms with Gasteiger partial charge in [0.1, 0.15) is 6.33 Å². The molecule has 0 fully saturated rings. The van der Waals surface area contributed by atoms with Crippen LogP contribution in [0.25, 0.3) is 5.82 Å². The molecule has 0 amide bonds. The molecule has 5 nitrogen and oxygen atoms in total. The highest BCUT2D eigenvalue weighted by molar-refractivity contribution is 5.19. The van der Waals surface area contributed by atoms with Gasteiger partial charge in [0.25, 0.3) is 0 Å². The molecule has 2 aromatic rings. The van der Waals surface area contributed by atoms with E-state index in [0.29, 0.717) is 6.54 Å². The first kappa shape index (κ1) is 11.7. The molecule has 0 radical (unpaired) electrons. The first-order valence-corrected chi connectivity index (χ1v) is 5.59. The maximum atomic E-state index is 4.52. The fourth-order valence-electron chi connectivity index (χ4n) is 1.35. The van der Waals surface area contributed by atoms with Gasteiger partial charge in [0, 0.05) is 30.7 Å². The van der Waals surface area contributed by atoms with Crippen LogP contribution in [0.4, 0.5) is 0 Å².